The number of fused-ring (bicyclic) bond motifs is 3. The number of carboxylic acid groups (broad SMARTS) is 1. The second-order valence-electron chi connectivity index (χ2n) is 6.06. The molecular formula is C20H20O4. The standard InChI is InChI=1S/C20H20O4/c1-2-13(20(22)23)11-19(21)24-12-18-16-9-5-3-7-14(16)15-8-4-6-10-17(15)18/h3-10,13,18H,2,11-12H2,1H3,(H,22,23)/t13-/m1/s1. The number of carbonyl (C=O) groups is 2. The molecule has 1 N–H and O–H groups in total. The zero-order valence-corrected chi connectivity index (χ0v) is 13.6. The molecule has 2 aromatic carbocycles. The Balaban J connectivity index is 1.74. The van der Waals surface area contributed by atoms with Gasteiger partial charge in [-0.1, -0.05) is 55.5 Å². The first-order chi connectivity index (χ1) is 11.6. The molecule has 0 unspecified atom stereocenters. The molecule has 0 amide bonds. The van der Waals surface area contributed by atoms with E-state index < -0.39 is 17.9 Å². The lowest BCUT2D eigenvalue weighted by atomic mass is 9.98. The molecule has 124 valence electrons. The highest BCUT2D eigenvalue weighted by Crippen LogP contribution is 2.44. The van der Waals surface area contributed by atoms with Crippen LogP contribution in [0.1, 0.15) is 36.8 Å². The molecule has 3 rings (SSSR count). The number of carbonyl (C=O) groups excluding carboxylic acids is 1. The Morgan fingerprint density at radius 1 is 1.04 bits per heavy atom. The number of hydrogen-bond donors (Lipinski definition) is 1. The van der Waals surface area contributed by atoms with Gasteiger partial charge in [-0.2, -0.15) is 0 Å². The fourth-order valence-corrected chi connectivity index (χ4v) is 3.28. The van der Waals surface area contributed by atoms with Crippen molar-refractivity contribution in [3.8, 4) is 11.1 Å². The summed E-state index contributed by atoms with van der Waals surface area (Å²) in [5.41, 5.74) is 4.64. The molecule has 0 radical (unpaired) electrons. The van der Waals surface area contributed by atoms with Crippen LogP contribution in [0.25, 0.3) is 11.1 Å². The second kappa shape index (κ2) is 6.87. The van der Waals surface area contributed by atoms with Crippen LogP contribution in [0.4, 0.5) is 0 Å². The molecule has 24 heavy (non-hydrogen) atoms. The first-order valence-corrected chi connectivity index (χ1v) is 8.18. The molecule has 0 saturated carbocycles. The smallest absolute Gasteiger partial charge is 0.307 e. The van der Waals surface area contributed by atoms with E-state index >= 15 is 0 Å². The van der Waals surface area contributed by atoms with Gasteiger partial charge in [0.2, 0.25) is 0 Å². The lowest BCUT2D eigenvalue weighted by molar-refractivity contribution is -0.151. The predicted octanol–water partition coefficient (Wildman–Crippen LogP) is 3.84. The van der Waals surface area contributed by atoms with Crippen molar-refractivity contribution in [3.63, 3.8) is 0 Å². The van der Waals surface area contributed by atoms with E-state index in [2.05, 4.69) is 24.3 Å². The van der Waals surface area contributed by atoms with Gasteiger partial charge in [0.05, 0.1) is 12.3 Å². The highest BCUT2D eigenvalue weighted by Gasteiger charge is 2.29. The summed E-state index contributed by atoms with van der Waals surface area (Å²) < 4.78 is 5.42. The average Bonchev–Trinajstić information content (AvgIpc) is 2.91. The normalized spacial score (nSPS) is 13.9. The summed E-state index contributed by atoms with van der Waals surface area (Å²) in [6, 6.07) is 16.2. The third kappa shape index (κ3) is 3.04. The van der Waals surface area contributed by atoms with E-state index in [-0.39, 0.29) is 18.9 Å². The van der Waals surface area contributed by atoms with Gasteiger partial charge in [-0.15, -0.1) is 0 Å². The first-order valence-electron chi connectivity index (χ1n) is 8.18. The van der Waals surface area contributed by atoms with Crippen LogP contribution in [0, 0.1) is 5.92 Å². The van der Waals surface area contributed by atoms with Crippen molar-refractivity contribution in [2.45, 2.75) is 25.7 Å². The summed E-state index contributed by atoms with van der Waals surface area (Å²) in [5.74, 6) is -2.08. The van der Waals surface area contributed by atoms with Crippen LogP contribution in [0.2, 0.25) is 0 Å². The molecule has 0 spiro atoms. The van der Waals surface area contributed by atoms with Crippen LogP contribution in [0.15, 0.2) is 48.5 Å². The lowest BCUT2D eigenvalue weighted by Crippen LogP contribution is -2.20. The Hall–Kier alpha value is -2.62. The van der Waals surface area contributed by atoms with Crippen molar-refractivity contribution < 1.29 is 19.4 Å². The van der Waals surface area contributed by atoms with Crippen molar-refractivity contribution in [1.82, 2.24) is 0 Å². The zero-order chi connectivity index (χ0) is 17.1. The number of aliphatic carboxylic acids is 1. The van der Waals surface area contributed by atoms with E-state index in [0.717, 1.165) is 11.1 Å². The molecule has 0 saturated heterocycles. The average molecular weight is 324 g/mol. The highest BCUT2D eigenvalue weighted by molar-refractivity contribution is 5.80. The SMILES string of the molecule is CC[C@H](CC(=O)OCC1c2ccccc2-c2ccccc21)C(=O)O. The maximum Gasteiger partial charge on any atom is 0.307 e. The van der Waals surface area contributed by atoms with Gasteiger partial charge in [-0.25, -0.2) is 0 Å². The molecule has 4 nitrogen and oxygen atoms in total. The van der Waals surface area contributed by atoms with E-state index in [1.807, 2.05) is 24.3 Å². The topological polar surface area (TPSA) is 63.6 Å². The molecule has 2 aromatic rings. The van der Waals surface area contributed by atoms with Gasteiger partial charge in [-0.3, -0.25) is 9.59 Å². The summed E-state index contributed by atoms with van der Waals surface area (Å²) in [6.07, 6.45) is 0.335. The fraction of sp³-hybridized carbons (Fsp3) is 0.300. The molecule has 1 atom stereocenters. The molecule has 0 aliphatic heterocycles. The van der Waals surface area contributed by atoms with Gasteiger partial charge in [0, 0.05) is 5.92 Å². The van der Waals surface area contributed by atoms with Crippen LogP contribution < -0.4 is 0 Å². The largest absolute Gasteiger partial charge is 0.481 e. The maximum atomic E-state index is 12.0. The number of rotatable bonds is 6. The molecule has 0 fully saturated rings. The summed E-state index contributed by atoms with van der Waals surface area (Å²) >= 11 is 0. The van der Waals surface area contributed by atoms with Crippen molar-refractivity contribution in [2.75, 3.05) is 6.61 Å². The summed E-state index contributed by atoms with van der Waals surface area (Å²) in [7, 11) is 0. The monoisotopic (exact) mass is 324 g/mol. The van der Waals surface area contributed by atoms with Crippen LogP contribution >= 0.6 is 0 Å². The summed E-state index contributed by atoms with van der Waals surface area (Å²) in [4.78, 5) is 23.1. The molecule has 0 bridgehead atoms. The molecule has 0 aromatic heterocycles. The lowest BCUT2D eigenvalue weighted by Gasteiger charge is -2.15. The number of esters is 1. The Bertz CT molecular complexity index is 720. The maximum absolute atomic E-state index is 12.0. The number of benzene rings is 2. The Labute approximate surface area is 141 Å². The molecule has 1 aliphatic rings. The first kappa shape index (κ1) is 16.2. The van der Waals surface area contributed by atoms with Crippen LogP contribution in [0.3, 0.4) is 0 Å². The van der Waals surface area contributed by atoms with Crippen molar-refractivity contribution in [2.24, 2.45) is 5.92 Å². The van der Waals surface area contributed by atoms with Crippen LogP contribution in [-0.4, -0.2) is 23.7 Å². The van der Waals surface area contributed by atoms with E-state index in [4.69, 9.17) is 9.84 Å². The minimum absolute atomic E-state index is 0.00579. The predicted molar refractivity (Wildman–Crippen MR) is 90.7 cm³/mol. The quantitative estimate of drug-likeness (QED) is 0.820. The molecule has 0 heterocycles. The number of ether oxygens (including phenoxy) is 1. The van der Waals surface area contributed by atoms with E-state index in [0.29, 0.717) is 6.42 Å². The zero-order valence-electron chi connectivity index (χ0n) is 13.6. The molecular weight excluding hydrogens is 304 g/mol. The Kier molecular flexibility index (Phi) is 4.65. The second-order valence-corrected chi connectivity index (χ2v) is 6.06. The van der Waals surface area contributed by atoms with Gasteiger partial charge in [0.1, 0.15) is 6.61 Å². The Morgan fingerprint density at radius 2 is 1.58 bits per heavy atom. The van der Waals surface area contributed by atoms with Crippen molar-refractivity contribution in [3.05, 3.63) is 59.7 Å². The number of carboxylic acids is 1. The van der Waals surface area contributed by atoms with Gasteiger partial charge in [-0.05, 0) is 28.7 Å². The van der Waals surface area contributed by atoms with E-state index in [1.165, 1.54) is 11.1 Å². The molecule has 4 heteroatoms. The third-order valence-electron chi connectivity index (χ3n) is 4.63. The van der Waals surface area contributed by atoms with Gasteiger partial charge >= 0.3 is 11.9 Å². The van der Waals surface area contributed by atoms with Gasteiger partial charge < -0.3 is 9.84 Å². The highest BCUT2D eigenvalue weighted by atomic mass is 16.5. The summed E-state index contributed by atoms with van der Waals surface area (Å²) in [5, 5.41) is 9.05. The van der Waals surface area contributed by atoms with E-state index in [1.54, 1.807) is 6.92 Å². The van der Waals surface area contributed by atoms with Crippen molar-refractivity contribution in [1.29, 1.82) is 0 Å². The Morgan fingerprint density at radius 3 is 2.08 bits per heavy atom. The van der Waals surface area contributed by atoms with Crippen LogP contribution in [-0.2, 0) is 14.3 Å². The van der Waals surface area contributed by atoms with Gasteiger partial charge in [0.15, 0.2) is 0 Å². The van der Waals surface area contributed by atoms with E-state index in [9.17, 15) is 9.59 Å². The minimum Gasteiger partial charge on any atom is -0.481 e. The fourth-order valence-electron chi connectivity index (χ4n) is 3.28. The minimum atomic E-state index is -0.953. The molecule has 1 aliphatic carbocycles. The van der Waals surface area contributed by atoms with Crippen molar-refractivity contribution >= 4 is 11.9 Å². The number of hydrogen-bond acceptors (Lipinski definition) is 3. The third-order valence-corrected chi connectivity index (χ3v) is 4.63. The van der Waals surface area contributed by atoms with Crippen LogP contribution in [0.5, 0.6) is 0 Å². The van der Waals surface area contributed by atoms with Gasteiger partial charge in [0.25, 0.3) is 0 Å². The summed E-state index contributed by atoms with van der Waals surface area (Å²) in [6.45, 7) is 2.00.